The van der Waals surface area contributed by atoms with Crippen molar-refractivity contribution in [1.29, 1.82) is 0 Å². The summed E-state index contributed by atoms with van der Waals surface area (Å²) in [7, 11) is -0.553. The number of nitrogens with one attached hydrogen (secondary N) is 2. The van der Waals surface area contributed by atoms with E-state index in [0.29, 0.717) is 23.1 Å². The second-order valence-corrected chi connectivity index (χ2v) is 8.85. The van der Waals surface area contributed by atoms with Crippen LogP contribution in [0.5, 0.6) is 11.5 Å². The van der Waals surface area contributed by atoms with Crippen molar-refractivity contribution in [1.82, 2.24) is 0 Å². The van der Waals surface area contributed by atoms with Crippen LogP contribution < -0.4 is 25.1 Å². The van der Waals surface area contributed by atoms with Crippen molar-refractivity contribution < 1.29 is 27.1 Å². The average molecular weight is 461 g/mol. The first-order chi connectivity index (χ1) is 15.2. The zero-order chi connectivity index (χ0) is 23.5. The number of carbonyl (C=O) groups is 1. The summed E-state index contributed by atoms with van der Waals surface area (Å²) in [5, 5.41) is 3.21. The van der Waals surface area contributed by atoms with E-state index in [0.717, 1.165) is 18.2 Å². The van der Waals surface area contributed by atoms with Gasteiger partial charge >= 0.3 is 5.63 Å². The molecular weight excluding hydrogens is 436 g/mol. The highest BCUT2D eigenvalue weighted by atomic mass is 32.2. The van der Waals surface area contributed by atoms with E-state index in [1.807, 2.05) is 6.92 Å². The molecule has 0 unspecified atom stereocenters. The Bertz CT molecular complexity index is 1330. The molecule has 3 rings (SSSR count). The third kappa shape index (κ3) is 5.02. The third-order valence-corrected chi connectivity index (χ3v) is 5.29. The van der Waals surface area contributed by atoms with Gasteiger partial charge in [0.05, 0.1) is 31.9 Å². The molecule has 2 N–H and O–H groups in total. The van der Waals surface area contributed by atoms with E-state index in [-0.39, 0.29) is 22.7 Å². The van der Waals surface area contributed by atoms with Crippen LogP contribution in [-0.2, 0) is 16.4 Å². The van der Waals surface area contributed by atoms with Gasteiger partial charge in [-0.3, -0.25) is 9.52 Å². The number of fused-ring (bicyclic) bond motifs is 1. The van der Waals surface area contributed by atoms with Crippen LogP contribution in [0.15, 0.2) is 45.6 Å². The largest absolute Gasteiger partial charge is 0.496 e. The second-order valence-electron chi connectivity index (χ2n) is 7.11. The molecule has 0 aliphatic rings. The number of benzene rings is 2. The van der Waals surface area contributed by atoms with E-state index in [1.54, 1.807) is 19.2 Å². The zero-order valence-corrected chi connectivity index (χ0v) is 19.0. The van der Waals surface area contributed by atoms with Crippen LogP contribution in [0.4, 0.5) is 11.4 Å². The lowest BCUT2D eigenvalue weighted by Gasteiger charge is -2.13. The standard InChI is InChI=1S/C22H24N2O7S/c1-5-6-15-18(29-2)10-7-13-11-16(22(26)31-20(13)15)21(25)23-17-9-8-14(12-19(17)30-3)24-32(4,27)28/h7-12,24H,5-6H2,1-4H3,(H,23,25). The summed E-state index contributed by atoms with van der Waals surface area (Å²) in [6, 6.07) is 9.32. The topological polar surface area (TPSA) is 124 Å². The molecule has 3 aromatic rings. The quantitative estimate of drug-likeness (QED) is 0.494. The summed E-state index contributed by atoms with van der Waals surface area (Å²) in [4.78, 5) is 25.4. The number of hydrogen-bond donors (Lipinski definition) is 2. The fourth-order valence-electron chi connectivity index (χ4n) is 3.32. The summed E-state index contributed by atoms with van der Waals surface area (Å²) in [5.41, 5.74) is 0.733. The van der Waals surface area contributed by atoms with Crippen molar-refractivity contribution in [2.45, 2.75) is 19.8 Å². The first kappa shape index (κ1) is 23.1. The maximum Gasteiger partial charge on any atom is 0.349 e. The molecule has 0 spiro atoms. The van der Waals surface area contributed by atoms with Gasteiger partial charge in [0.15, 0.2) is 0 Å². The minimum atomic E-state index is -3.48. The molecule has 2 aromatic carbocycles. The normalized spacial score (nSPS) is 11.2. The van der Waals surface area contributed by atoms with Gasteiger partial charge in [0.25, 0.3) is 5.91 Å². The summed E-state index contributed by atoms with van der Waals surface area (Å²) in [6.45, 7) is 2.00. The van der Waals surface area contributed by atoms with Crippen LogP contribution in [0.25, 0.3) is 11.0 Å². The fraction of sp³-hybridized carbons (Fsp3) is 0.273. The molecule has 10 heteroatoms. The van der Waals surface area contributed by atoms with Gasteiger partial charge in [-0.15, -0.1) is 0 Å². The Labute approximate surface area is 185 Å². The van der Waals surface area contributed by atoms with E-state index >= 15 is 0 Å². The molecule has 0 radical (unpaired) electrons. The van der Waals surface area contributed by atoms with Crippen molar-refractivity contribution >= 4 is 38.3 Å². The SMILES string of the molecule is CCCc1c(OC)ccc2cc(C(=O)Nc3ccc(NS(C)(=O)=O)cc3OC)c(=O)oc12. The van der Waals surface area contributed by atoms with E-state index in [1.165, 1.54) is 31.4 Å². The molecule has 170 valence electrons. The number of anilines is 2. The van der Waals surface area contributed by atoms with Gasteiger partial charge in [-0.05, 0) is 36.8 Å². The number of ether oxygens (including phenoxy) is 2. The highest BCUT2D eigenvalue weighted by molar-refractivity contribution is 7.92. The monoisotopic (exact) mass is 460 g/mol. The average Bonchev–Trinajstić information content (AvgIpc) is 2.73. The molecule has 0 aliphatic heterocycles. The minimum absolute atomic E-state index is 0.175. The Kier molecular flexibility index (Phi) is 6.73. The van der Waals surface area contributed by atoms with Crippen LogP contribution in [0.2, 0.25) is 0 Å². The Morgan fingerprint density at radius 3 is 2.41 bits per heavy atom. The lowest BCUT2D eigenvalue weighted by atomic mass is 10.0. The predicted octanol–water partition coefficient (Wildman–Crippen LogP) is 3.39. The maximum absolute atomic E-state index is 12.8. The molecule has 1 amide bonds. The highest BCUT2D eigenvalue weighted by Gasteiger charge is 2.19. The van der Waals surface area contributed by atoms with E-state index < -0.39 is 21.6 Å². The van der Waals surface area contributed by atoms with Crippen LogP contribution >= 0.6 is 0 Å². The van der Waals surface area contributed by atoms with Crippen LogP contribution in [-0.4, -0.2) is 34.8 Å². The van der Waals surface area contributed by atoms with Gasteiger partial charge in [0, 0.05) is 17.0 Å². The Morgan fingerprint density at radius 2 is 1.78 bits per heavy atom. The number of rotatable bonds is 8. The van der Waals surface area contributed by atoms with Crippen LogP contribution in [0, 0.1) is 0 Å². The molecule has 0 saturated heterocycles. The van der Waals surface area contributed by atoms with E-state index in [2.05, 4.69) is 10.0 Å². The number of sulfonamides is 1. The van der Waals surface area contributed by atoms with Crippen molar-refractivity contribution in [3.63, 3.8) is 0 Å². The third-order valence-electron chi connectivity index (χ3n) is 4.68. The zero-order valence-electron chi connectivity index (χ0n) is 18.1. The highest BCUT2D eigenvalue weighted by Crippen LogP contribution is 2.30. The Balaban J connectivity index is 1.97. The second kappa shape index (κ2) is 9.31. The minimum Gasteiger partial charge on any atom is -0.496 e. The van der Waals surface area contributed by atoms with Crippen LogP contribution in [0.3, 0.4) is 0 Å². The van der Waals surface area contributed by atoms with E-state index in [9.17, 15) is 18.0 Å². The Hall–Kier alpha value is -3.53. The van der Waals surface area contributed by atoms with Crippen molar-refractivity contribution in [2.24, 2.45) is 0 Å². The van der Waals surface area contributed by atoms with Gasteiger partial charge in [-0.2, -0.15) is 0 Å². The molecule has 1 aromatic heterocycles. The van der Waals surface area contributed by atoms with E-state index in [4.69, 9.17) is 13.9 Å². The molecule has 0 fully saturated rings. The van der Waals surface area contributed by atoms with Gasteiger partial charge < -0.3 is 19.2 Å². The van der Waals surface area contributed by atoms with Gasteiger partial charge in [0.1, 0.15) is 22.6 Å². The van der Waals surface area contributed by atoms with Crippen molar-refractivity contribution in [3.05, 3.63) is 57.9 Å². The number of amides is 1. The first-order valence-corrected chi connectivity index (χ1v) is 11.7. The number of methoxy groups -OCH3 is 2. The summed E-state index contributed by atoms with van der Waals surface area (Å²) >= 11 is 0. The summed E-state index contributed by atoms with van der Waals surface area (Å²) < 4.78 is 41.3. The fourth-order valence-corrected chi connectivity index (χ4v) is 3.88. The lowest BCUT2D eigenvalue weighted by Crippen LogP contribution is -2.21. The molecule has 0 bridgehead atoms. The molecule has 0 aliphatic carbocycles. The predicted molar refractivity (Wildman–Crippen MR) is 122 cm³/mol. The molecule has 1 heterocycles. The number of hydrogen-bond acceptors (Lipinski definition) is 7. The van der Waals surface area contributed by atoms with Crippen LogP contribution in [0.1, 0.15) is 29.3 Å². The summed E-state index contributed by atoms with van der Waals surface area (Å²) in [5.74, 6) is 0.148. The Morgan fingerprint density at radius 1 is 1.06 bits per heavy atom. The van der Waals surface area contributed by atoms with Gasteiger partial charge in [-0.1, -0.05) is 13.3 Å². The maximum atomic E-state index is 12.8. The molecular formula is C22H24N2O7S. The van der Waals surface area contributed by atoms with Gasteiger partial charge in [0.2, 0.25) is 10.0 Å². The molecule has 32 heavy (non-hydrogen) atoms. The molecule has 0 atom stereocenters. The van der Waals surface area contributed by atoms with Gasteiger partial charge in [-0.25, -0.2) is 13.2 Å². The number of aryl methyl sites for hydroxylation is 1. The lowest BCUT2D eigenvalue weighted by molar-refractivity contribution is 0.102. The van der Waals surface area contributed by atoms with Crippen molar-refractivity contribution in [3.8, 4) is 11.5 Å². The smallest absolute Gasteiger partial charge is 0.349 e. The van der Waals surface area contributed by atoms with Crippen molar-refractivity contribution in [2.75, 3.05) is 30.5 Å². The molecule has 0 saturated carbocycles. The first-order valence-electron chi connectivity index (χ1n) is 9.77. The molecule has 9 nitrogen and oxygen atoms in total. The summed E-state index contributed by atoms with van der Waals surface area (Å²) in [6.07, 6.45) is 2.50. The number of carbonyl (C=O) groups excluding carboxylic acids is 1.